The lowest BCUT2D eigenvalue weighted by atomic mass is 9.83. The average molecular weight is 359 g/mol. The van der Waals surface area contributed by atoms with Gasteiger partial charge in [0.05, 0.1) is 19.6 Å². The molecule has 1 amide bonds. The Morgan fingerprint density at radius 2 is 1.67 bits per heavy atom. The van der Waals surface area contributed by atoms with Gasteiger partial charge in [-0.05, 0) is 44.4 Å². The van der Waals surface area contributed by atoms with Crippen LogP contribution in [-0.4, -0.2) is 32.2 Å². The standard InChI is InChI=1S/C18H30N2O3.ClH/c1-7-18(19,8-2)12-20-16(21)17(3,4)13-9-10-14(22-5)15(11-13)23-6;/h9-11H,7-8,12,19H2,1-6H3,(H,20,21);1H. The first-order valence-corrected chi connectivity index (χ1v) is 8.03. The molecule has 0 atom stereocenters. The third kappa shape index (κ3) is 5.02. The van der Waals surface area contributed by atoms with Crippen molar-refractivity contribution in [3.63, 3.8) is 0 Å². The van der Waals surface area contributed by atoms with E-state index in [1.54, 1.807) is 14.2 Å². The highest BCUT2D eigenvalue weighted by Crippen LogP contribution is 2.33. The Labute approximate surface area is 151 Å². The van der Waals surface area contributed by atoms with Gasteiger partial charge in [0.15, 0.2) is 11.5 Å². The molecule has 0 aliphatic carbocycles. The van der Waals surface area contributed by atoms with Gasteiger partial charge in [0, 0.05) is 12.1 Å². The molecule has 0 fully saturated rings. The van der Waals surface area contributed by atoms with Crippen LogP contribution in [0.5, 0.6) is 11.5 Å². The Morgan fingerprint density at radius 3 is 2.12 bits per heavy atom. The number of halogens is 1. The first-order chi connectivity index (χ1) is 10.7. The minimum absolute atomic E-state index is 0. The largest absolute Gasteiger partial charge is 0.493 e. The van der Waals surface area contributed by atoms with Crippen molar-refractivity contribution in [1.82, 2.24) is 5.32 Å². The second-order valence-corrected chi connectivity index (χ2v) is 6.45. The Balaban J connectivity index is 0.00000529. The molecule has 138 valence electrons. The Morgan fingerprint density at radius 1 is 1.12 bits per heavy atom. The molecule has 0 heterocycles. The van der Waals surface area contributed by atoms with Crippen molar-refractivity contribution in [2.45, 2.75) is 51.5 Å². The smallest absolute Gasteiger partial charge is 0.230 e. The van der Waals surface area contributed by atoms with Crippen molar-refractivity contribution < 1.29 is 14.3 Å². The molecule has 0 unspecified atom stereocenters. The molecule has 0 spiro atoms. The van der Waals surface area contributed by atoms with Crippen LogP contribution in [0.4, 0.5) is 0 Å². The number of hydrogen-bond acceptors (Lipinski definition) is 4. The van der Waals surface area contributed by atoms with E-state index in [9.17, 15) is 4.79 Å². The van der Waals surface area contributed by atoms with Crippen LogP contribution in [0.25, 0.3) is 0 Å². The second-order valence-electron chi connectivity index (χ2n) is 6.45. The van der Waals surface area contributed by atoms with Gasteiger partial charge in [0.25, 0.3) is 0 Å². The summed E-state index contributed by atoms with van der Waals surface area (Å²) in [5, 5.41) is 2.99. The highest BCUT2D eigenvalue weighted by molar-refractivity contribution is 5.87. The molecule has 1 aromatic rings. The van der Waals surface area contributed by atoms with Crippen molar-refractivity contribution >= 4 is 18.3 Å². The maximum Gasteiger partial charge on any atom is 0.230 e. The van der Waals surface area contributed by atoms with Gasteiger partial charge < -0.3 is 20.5 Å². The highest BCUT2D eigenvalue weighted by Gasteiger charge is 2.32. The molecule has 1 rings (SSSR count). The number of carbonyl (C=O) groups excluding carboxylic acids is 1. The fourth-order valence-corrected chi connectivity index (χ4v) is 2.33. The summed E-state index contributed by atoms with van der Waals surface area (Å²) in [6.45, 7) is 8.32. The summed E-state index contributed by atoms with van der Waals surface area (Å²) in [5.41, 5.74) is 6.07. The second kappa shape index (κ2) is 9.14. The van der Waals surface area contributed by atoms with Crippen LogP contribution in [0.3, 0.4) is 0 Å². The minimum atomic E-state index is -0.693. The number of hydrogen-bond donors (Lipinski definition) is 2. The first-order valence-electron chi connectivity index (χ1n) is 8.03. The van der Waals surface area contributed by atoms with Crippen LogP contribution >= 0.6 is 12.4 Å². The zero-order chi connectivity index (χ0) is 17.7. The van der Waals surface area contributed by atoms with Gasteiger partial charge >= 0.3 is 0 Å². The molecule has 0 aliphatic rings. The maximum absolute atomic E-state index is 12.7. The molecule has 5 nitrogen and oxygen atoms in total. The van der Waals surface area contributed by atoms with E-state index < -0.39 is 5.41 Å². The highest BCUT2D eigenvalue weighted by atomic mass is 35.5. The summed E-state index contributed by atoms with van der Waals surface area (Å²) in [6, 6.07) is 5.54. The van der Waals surface area contributed by atoms with E-state index in [0.717, 1.165) is 18.4 Å². The lowest BCUT2D eigenvalue weighted by Gasteiger charge is -2.30. The van der Waals surface area contributed by atoms with Crippen molar-refractivity contribution in [3.05, 3.63) is 23.8 Å². The quantitative estimate of drug-likeness (QED) is 0.749. The normalized spacial score (nSPS) is 11.5. The number of benzene rings is 1. The molecule has 0 radical (unpaired) electrons. The van der Waals surface area contributed by atoms with Crippen LogP contribution in [0, 0.1) is 0 Å². The molecule has 0 bridgehead atoms. The van der Waals surface area contributed by atoms with Gasteiger partial charge in [-0.25, -0.2) is 0 Å². The summed E-state index contributed by atoms with van der Waals surface area (Å²) < 4.78 is 10.6. The van der Waals surface area contributed by atoms with Crippen LogP contribution in [0.1, 0.15) is 46.1 Å². The van der Waals surface area contributed by atoms with Crippen molar-refractivity contribution in [2.75, 3.05) is 20.8 Å². The van der Waals surface area contributed by atoms with Crippen LogP contribution in [0.15, 0.2) is 18.2 Å². The average Bonchev–Trinajstić information content (AvgIpc) is 2.58. The number of methoxy groups -OCH3 is 2. The third-order valence-electron chi connectivity index (χ3n) is 4.68. The third-order valence-corrected chi connectivity index (χ3v) is 4.68. The summed E-state index contributed by atoms with van der Waals surface area (Å²) in [4.78, 5) is 12.7. The summed E-state index contributed by atoms with van der Waals surface area (Å²) >= 11 is 0. The zero-order valence-corrected chi connectivity index (χ0v) is 16.4. The molecule has 0 saturated heterocycles. The monoisotopic (exact) mass is 358 g/mol. The van der Waals surface area contributed by atoms with Gasteiger partial charge in [-0.2, -0.15) is 0 Å². The molecular weight excluding hydrogens is 328 g/mol. The van der Waals surface area contributed by atoms with Gasteiger partial charge in [-0.15, -0.1) is 12.4 Å². The zero-order valence-electron chi connectivity index (χ0n) is 15.6. The predicted molar refractivity (Wildman–Crippen MR) is 100 cm³/mol. The van der Waals surface area contributed by atoms with E-state index in [-0.39, 0.29) is 23.9 Å². The molecule has 24 heavy (non-hydrogen) atoms. The van der Waals surface area contributed by atoms with E-state index >= 15 is 0 Å². The van der Waals surface area contributed by atoms with E-state index in [0.29, 0.717) is 18.0 Å². The molecule has 0 aromatic heterocycles. The Hall–Kier alpha value is -1.46. The Bertz CT molecular complexity index is 543. The molecule has 3 N–H and O–H groups in total. The van der Waals surface area contributed by atoms with Crippen molar-refractivity contribution in [3.8, 4) is 11.5 Å². The maximum atomic E-state index is 12.7. The molecule has 6 heteroatoms. The molecular formula is C18H31ClN2O3. The number of amides is 1. The lowest BCUT2D eigenvalue weighted by molar-refractivity contribution is -0.125. The fraction of sp³-hybridized carbons (Fsp3) is 0.611. The van der Waals surface area contributed by atoms with E-state index in [1.165, 1.54) is 0 Å². The first kappa shape index (κ1) is 22.5. The van der Waals surface area contributed by atoms with E-state index in [1.807, 2.05) is 45.9 Å². The topological polar surface area (TPSA) is 73.6 Å². The van der Waals surface area contributed by atoms with Crippen LogP contribution < -0.4 is 20.5 Å². The summed E-state index contributed by atoms with van der Waals surface area (Å²) in [6.07, 6.45) is 1.64. The summed E-state index contributed by atoms with van der Waals surface area (Å²) in [7, 11) is 3.17. The van der Waals surface area contributed by atoms with Gasteiger partial charge in [0.2, 0.25) is 5.91 Å². The number of nitrogens with one attached hydrogen (secondary N) is 1. The molecule has 0 aliphatic heterocycles. The predicted octanol–water partition coefficient (Wildman–Crippen LogP) is 3.04. The number of rotatable bonds is 8. The SMILES string of the molecule is CCC(N)(CC)CNC(=O)C(C)(C)c1ccc(OC)c(OC)c1.Cl. The van der Waals surface area contributed by atoms with Gasteiger partial charge in [0.1, 0.15) is 0 Å². The van der Waals surface area contributed by atoms with Gasteiger partial charge in [-0.1, -0.05) is 19.9 Å². The molecule has 0 saturated carbocycles. The fourth-order valence-electron chi connectivity index (χ4n) is 2.33. The van der Waals surface area contributed by atoms with Gasteiger partial charge in [-0.3, -0.25) is 4.79 Å². The van der Waals surface area contributed by atoms with Crippen LogP contribution in [0.2, 0.25) is 0 Å². The van der Waals surface area contributed by atoms with E-state index in [2.05, 4.69) is 5.32 Å². The lowest BCUT2D eigenvalue weighted by Crippen LogP contribution is -2.52. The van der Waals surface area contributed by atoms with Crippen LogP contribution in [-0.2, 0) is 10.2 Å². The number of ether oxygens (including phenoxy) is 2. The summed E-state index contributed by atoms with van der Waals surface area (Å²) in [5.74, 6) is 1.20. The van der Waals surface area contributed by atoms with E-state index in [4.69, 9.17) is 15.2 Å². The van der Waals surface area contributed by atoms with Crippen molar-refractivity contribution in [1.29, 1.82) is 0 Å². The van der Waals surface area contributed by atoms with Crippen molar-refractivity contribution in [2.24, 2.45) is 5.73 Å². The number of nitrogens with two attached hydrogens (primary N) is 1. The minimum Gasteiger partial charge on any atom is -0.493 e. The molecule has 1 aromatic carbocycles. The number of carbonyl (C=O) groups is 1. The Kier molecular flexibility index (Phi) is 8.58.